The molecule has 4 nitrogen and oxygen atoms in total. The van der Waals surface area contributed by atoms with Crippen molar-refractivity contribution < 1.29 is 9.53 Å². The lowest BCUT2D eigenvalue weighted by Gasteiger charge is -2.32. The zero-order valence-corrected chi connectivity index (χ0v) is 17.4. The number of nitrogens with one attached hydrogen (secondary N) is 1. The second-order valence-corrected chi connectivity index (χ2v) is 8.10. The number of hydrogen-bond donors (Lipinski definition) is 1. The molecule has 0 saturated carbocycles. The highest BCUT2D eigenvalue weighted by Crippen LogP contribution is 2.22. The number of carbonyl (C=O) groups is 1. The number of amides is 1. The lowest BCUT2D eigenvalue weighted by molar-refractivity contribution is -0.126. The number of likely N-dealkylation sites (tertiary alicyclic amines) is 1. The summed E-state index contributed by atoms with van der Waals surface area (Å²) in [5, 5.41) is 3.89. The van der Waals surface area contributed by atoms with Crippen LogP contribution in [-0.4, -0.2) is 30.0 Å². The highest BCUT2D eigenvalue weighted by atomic mass is 35.5. The predicted molar refractivity (Wildman–Crippen MR) is 114 cm³/mol. The summed E-state index contributed by atoms with van der Waals surface area (Å²) < 4.78 is 5.73. The summed E-state index contributed by atoms with van der Waals surface area (Å²) in [6, 6.07) is 15.8. The fourth-order valence-electron chi connectivity index (χ4n) is 3.62. The average molecular weight is 401 g/mol. The van der Waals surface area contributed by atoms with Crippen LogP contribution in [0.3, 0.4) is 0 Å². The Balaban J connectivity index is 1.52. The molecule has 0 radical (unpaired) electrons. The fraction of sp³-hybridized carbons (Fsp3) is 0.435. The van der Waals surface area contributed by atoms with Gasteiger partial charge in [0, 0.05) is 24.7 Å². The first-order valence-corrected chi connectivity index (χ1v) is 10.4. The molecule has 0 spiro atoms. The number of carbonyl (C=O) groups excluding carboxylic acids is 1. The molecule has 5 heteroatoms. The van der Waals surface area contributed by atoms with E-state index in [1.54, 1.807) is 0 Å². The summed E-state index contributed by atoms with van der Waals surface area (Å²) in [5.74, 6) is 0.982. The summed E-state index contributed by atoms with van der Waals surface area (Å²) in [7, 11) is 0. The van der Waals surface area contributed by atoms with Gasteiger partial charge in [0.25, 0.3) is 0 Å². The molecule has 1 N–H and O–H groups in total. The molecule has 1 fully saturated rings. The van der Waals surface area contributed by atoms with Gasteiger partial charge in [0.05, 0.1) is 12.0 Å². The summed E-state index contributed by atoms with van der Waals surface area (Å²) in [6.45, 7) is 7.10. The van der Waals surface area contributed by atoms with Crippen LogP contribution in [0.1, 0.15) is 37.8 Å². The smallest absolute Gasteiger partial charge is 0.224 e. The molecule has 1 aliphatic heterocycles. The molecule has 2 aromatic rings. The first-order valence-electron chi connectivity index (χ1n) is 10.0. The van der Waals surface area contributed by atoms with Crippen LogP contribution in [0.5, 0.6) is 5.75 Å². The molecule has 0 bridgehead atoms. The quantitative estimate of drug-likeness (QED) is 0.735. The maximum atomic E-state index is 12.7. The third-order valence-corrected chi connectivity index (χ3v) is 5.33. The fourth-order valence-corrected chi connectivity index (χ4v) is 3.81. The Kier molecular flexibility index (Phi) is 7.35. The van der Waals surface area contributed by atoms with Gasteiger partial charge in [-0.1, -0.05) is 41.9 Å². The van der Waals surface area contributed by atoms with E-state index in [2.05, 4.69) is 16.3 Å². The van der Waals surface area contributed by atoms with Gasteiger partial charge in [-0.25, -0.2) is 0 Å². The second kappa shape index (κ2) is 9.94. The van der Waals surface area contributed by atoms with Gasteiger partial charge in [-0.3, -0.25) is 9.69 Å². The summed E-state index contributed by atoms with van der Waals surface area (Å²) in [4.78, 5) is 15.0. The van der Waals surface area contributed by atoms with Crippen molar-refractivity contribution in [1.82, 2.24) is 10.2 Å². The molecular weight excluding hydrogens is 372 g/mol. The molecular formula is C23H29ClN2O2. The van der Waals surface area contributed by atoms with Crippen LogP contribution in [0.25, 0.3) is 0 Å². The van der Waals surface area contributed by atoms with Gasteiger partial charge < -0.3 is 10.1 Å². The van der Waals surface area contributed by atoms with Crippen molar-refractivity contribution in [2.45, 2.75) is 45.9 Å². The van der Waals surface area contributed by atoms with Gasteiger partial charge in [-0.05, 0) is 62.6 Å². The highest BCUT2D eigenvalue weighted by molar-refractivity contribution is 6.31. The topological polar surface area (TPSA) is 41.6 Å². The second-order valence-electron chi connectivity index (χ2n) is 7.70. The lowest BCUT2D eigenvalue weighted by Crippen LogP contribution is -2.42. The maximum Gasteiger partial charge on any atom is 0.224 e. The van der Waals surface area contributed by atoms with Gasteiger partial charge in [-0.15, -0.1) is 0 Å². The van der Waals surface area contributed by atoms with E-state index in [1.807, 2.05) is 56.3 Å². The van der Waals surface area contributed by atoms with Gasteiger partial charge in [-0.2, -0.15) is 0 Å². The van der Waals surface area contributed by atoms with Crippen LogP contribution >= 0.6 is 11.6 Å². The van der Waals surface area contributed by atoms with Crippen LogP contribution < -0.4 is 10.1 Å². The number of benzene rings is 2. The van der Waals surface area contributed by atoms with E-state index >= 15 is 0 Å². The van der Waals surface area contributed by atoms with Crippen molar-refractivity contribution in [3.8, 4) is 5.75 Å². The lowest BCUT2D eigenvalue weighted by atomic mass is 9.96. The third-order valence-electron chi connectivity index (χ3n) is 4.97. The predicted octanol–water partition coefficient (Wildman–Crippen LogP) is 4.66. The molecule has 3 rings (SSSR count). The van der Waals surface area contributed by atoms with Gasteiger partial charge >= 0.3 is 0 Å². The number of ether oxygens (including phenoxy) is 1. The van der Waals surface area contributed by atoms with Crippen LogP contribution in [-0.2, 0) is 17.9 Å². The van der Waals surface area contributed by atoms with E-state index < -0.39 is 0 Å². The normalized spacial score (nSPS) is 17.5. The Hall–Kier alpha value is -2.04. The van der Waals surface area contributed by atoms with Crippen LogP contribution in [0.2, 0.25) is 5.02 Å². The first-order chi connectivity index (χ1) is 13.5. The molecule has 2 aromatic carbocycles. The Bertz CT molecular complexity index is 794. The number of piperidine rings is 1. The molecule has 1 saturated heterocycles. The van der Waals surface area contributed by atoms with Gasteiger partial charge in [0.1, 0.15) is 5.75 Å². The zero-order chi connectivity index (χ0) is 19.9. The largest absolute Gasteiger partial charge is 0.491 e. The minimum atomic E-state index is 0.0198. The molecule has 1 unspecified atom stereocenters. The minimum Gasteiger partial charge on any atom is -0.491 e. The van der Waals surface area contributed by atoms with Crippen molar-refractivity contribution in [2.24, 2.45) is 5.92 Å². The molecule has 1 heterocycles. The number of rotatable bonds is 7. The Morgan fingerprint density at radius 2 is 2.07 bits per heavy atom. The maximum absolute atomic E-state index is 12.7. The summed E-state index contributed by atoms with van der Waals surface area (Å²) in [5.41, 5.74) is 2.17. The highest BCUT2D eigenvalue weighted by Gasteiger charge is 2.25. The van der Waals surface area contributed by atoms with Crippen LogP contribution in [0, 0.1) is 5.92 Å². The summed E-state index contributed by atoms with van der Waals surface area (Å²) >= 11 is 6.29. The Morgan fingerprint density at radius 1 is 1.25 bits per heavy atom. The molecule has 0 aromatic heterocycles. The third kappa shape index (κ3) is 5.98. The number of nitrogens with zero attached hydrogens (tertiary/aromatic N) is 1. The first kappa shape index (κ1) is 20.7. The molecule has 0 aliphatic carbocycles. The molecule has 1 atom stereocenters. The van der Waals surface area contributed by atoms with Crippen LogP contribution in [0.4, 0.5) is 0 Å². The monoisotopic (exact) mass is 400 g/mol. The Labute approximate surface area is 172 Å². The molecule has 28 heavy (non-hydrogen) atoms. The molecule has 150 valence electrons. The molecule has 1 amide bonds. The average Bonchev–Trinajstić information content (AvgIpc) is 2.68. The van der Waals surface area contributed by atoms with Crippen molar-refractivity contribution >= 4 is 17.5 Å². The minimum absolute atomic E-state index is 0.0198. The van der Waals surface area contributed by atoms with E-state index in [0.717, 1.165) is 54.4 Å². The SMILES string of the molecule is CC(C)Oc1cccc(CNC(=O)C2CCCN(Cc3ccccc3Cl)C2)c1. The van der Waals surface area contributed by atoms with Crippen LogP contribution in [0.15, 0.2) is 48.5 Å². The Morgan fingerprint density at radius 3 is 2.86 bits per heavy atom. The van der Waals surface area contributed by atoms with Crippen molar-refractivity contribution in [1.29, 1.82) is 0 Å². The zero-order valence-electron chi connectivity index (χ0n) is 16.7. The number of hydrogen-bond acceptors (Lipinski definition) is 3. The van der Waals surface area contributed by atoms with Crippen molar-refractivity contribution in [3.63, 3.8) is 0 Å². The van der Waals surface area contributed by atoms with E-state index in [9.17, 15) is 4.79 Å². The van der Waals surface area contributed by atoms with Gasteiger partial charge in [0.2, 0.25) is 5.91 Å². The molecule has 1 aliphatic rings. The summed E-state index contributed by atoms with van der Waals surface area (Å²) in [6.07, 6.45) is 2.10. The van der Waals surface area contributed by atoms with Crippen molar-refractivity contribution in [2.75, 3.05) is 13.1 Å². The number of halogens is 1. The van der Waals surface area contributed by atoms with Gasteiger partial charge in [0.15, 0.2) is 0 Å². The van der Waals surface area contributed by atoms with E-state index in [0.29, 0.717) is 6.54 Å². The standard InChI is InChI=1S/C23H29ClN2O2/c1-17(2)28-21-10-5-7-18(13-21)14-25-23(27)20-9-6-12-26(16-20)15-19-8-3-4-11-22(19)24/h3-5,7-8,10-11,13,17,20H,6,9,12,14-16H2,1-2H3,(H,25,27). The van der Waals surface area contributed by atoms with E-state index in [1.165, 1.54) is 0 Å². The van der Waals surface area contributed by atoms with Crippen molar-refractivity contribution in [3.05, 3.63) is 64.7 Å². The van der Waals surface area contributed by atoms with E-state index in [-0.39, 0.29) is 17.9 Å². The van der Waals surface area contributed by atoms with E-state index in [4.69, 9.17) is 16.3 Å².